The second kappa shape index (κ2) is 7.94. The minimum Gasteiger partial charge on any atom is -0.496 e. The number of hydrogen-bond acceptors (Lipinski definition) is 3. The third-order valence-electron chi connectivity index (χ3n) is 3.53. The van der Waals surface area contributed by atoms with Crippen LogP contribution < -0.4 is 4.74 Å². The van der Waals surface area contributed by atoms with E-state index in [1.165, 1.54) is 12.8 Å². The maximum atomic E-state index is 8.74. The van der Waals surface area contributed by atoms with Crippen molar-refractivity contribution in [2.45, 2.75) is 44.8 Å². The lowest BCUT2D eigenvalue weighted by molar-refractivity contribution is 0.0446. The van der Waals surface area contributed by atoms with Gasteiger partial charge in [0.05, 0.1) is 26.4 Å². The molecule has 0 unspecified atom stereocenters. The number of methoxy groups -OCH3 is 1. The number of hydrogen-bond donors (Lipinski definition) is 1. The molecule has 0 spiro atoms. The van der Waals surface area contributed by atoms with Crippen LogP contribution in [0.15, 0.2) is 18.2 Å². The van der Waals surface area contributed by atoms with Crippen LogP contribution in [0.1, 0.15) is 43.2 Å². The van der Waals surface area contributed by atoms with Crippen molar-refractivity contribution in [3.05, 3.63) is 29.3 Å². The minimum atomic E-state index is 0.0980. The van der Waals surface area contributed by atoms with Crippen molar-refractivity contribution in [1.82, 2.24) is 0 Å². The summed E-state index contributed by atoms with van der Waals surface area (Å²) in [5.74, 6) is 6.82. The van der Waals surface area contributed by atoms with Crippen LogP contribution in [-0.4, -0.2) is 24.9 Å². The van der Waals surface area contributed by atoms with Gasteiger partial charge in [0.15, 0.2) is 0 Å². The van der Waals surface area contributed by atoms with E-state index in [4.69, 9.17) is 14.6 Å². The van der Waals surface area contributed by atoms with Crippen LogP contribution in [0.25, 0.3) is 0 Å². The van der Waals surface area contributed by atoms with Crippen molar-refractivity contribution in [2.75, 3.05) is 13.7 Å². The van der Waals surface area contributed by atoms with Crippen molar-refractivity contribution in [1.29, 1.82) is 0 Å². The molecule has 0 saturated heterocycles. The molecular weight excluding hydrogens is 252 g/mol. The summed E-state index contributed by atoms with van der Waals surface area (Å²) in [6.07, 6.45) is 5.77. The second-order valence-corrected chi connectivity index (χ2v) is 5.02. The molecule has 0 radical (unpaired) electrons. The molecule has 1 aromatic rings. The number of aliphatic hydroxyl groups excluding tert-OH is 1. The summed E-state index contributed by atoms with van der Waals surface area (Å²) in [6, 6.07) is 5.87. The Morgan fingerprint density at radius 3 is 2.80 bits per heavy atom. The third kappa shape index (κ3) is 4.26. The largest absolute Gasteiger partial charge is 0.496 e. The van der Waals surface area contributed by atoms with E-state index in [9.17, 15) is 0 Å². The SMILES string of the molecule is COc1ccc(C#CCCO)cc1COC1CCCC1. The van der Waals surface area contributed by atoms with Gasteiger partial charge in [-0.25, -0.2) is 0 Å². The summed E-state index contributed by atoms with van der Waals surface area (Å²) in [5.41, 5.74) is 1.97. The van der Waals surface area contributed by atoms with Gasteiger partial charge in [0, 0.05) is 17.5 Å². The van der Waals surface area contributed by atoms with Crippen LogP contribution in [-0.2, 0) is 11.3 Å². The van der Waals surface area contributed by atoms with Gasteiger partial charge in [0.2, 0.25) is 0 Å². The van der Waals surface area contributed by atoms with Gasteiger partial charge in [-0.15, -0.1) is 0 Å². The molecule has 20 heavy (non-hydrogen) atoms. The zero-order valence-corrected chi connectivity index (χ0v) is 12.0. The first kappa shape index (κ1) is 14.9. The van der Waals surface area contributed by atoms with Crippen molar-refractivity contribution in [3.63, 3.8) is 0 Å². The lowest BCUT2D eigenvalue weighted by Crippen LogP contribution is -2.08. The van der Waals surface area contributed by atoms with Crippen LogP contribution in [0.3, 0.4) is 0 Å². The molecule has 1 saturated carbocycles. The monoisotopic (exact) mass is 274 g/mol. The quantitative estimate of drug-likeness (QED) is 0.839. The topological polar surface area (TPSA) is 38.7 Å². The average molecular weight is 274 g/mol. The highest BCUT2D eigenvalue weighted by molar-refractivity contribution is 5.44. The molecule has 1 fully saturated rings. The first-order valence-corrected chi connectivity index (χ1v) is 7.21. The van der Waals surface area contributed by atoms with Crippen LogP contribution in [0.2, 0.25) is 0 Å². The highest BCUT2D eigenvalue weighted by atomic mass is 16.5. The van der Waals surface area contributed by atoms with Crippen LogP contribution in [0.4, 0.5) is 0 Å². The summed E-state index contributed by atoms with van der Waals surface area (Å²) in [7, 11) is 1.67. The summed E-state index contributed by atoms with van der Waals surface area (Å²) in [4.78, 5) is 0. The number of benzene rings is 1. The summed E-state index contributed by atoms with van der Waals surface area (Å²) in [5, 5.41) is 8.74. The maximum absolute atomic E-state index is 8.74. The molecule has 108 valence electrons. The Morgan fingerprint density at radius 1 is 1.30 bits per heavy atom. The van der Waals surface area contributed by atoms with E-state index in [-0.39, 0.29) is 6.61 Å². The first-order chi connectivity index (χ1) is 9.83. The minimum absolute atomic E-state index is 0.0980. The summed E-state index contributed by atoms with van der Waals surface area (Å²) >= 11 is 0. The predicted octanol–water partition coefficient (Wildman–Crippen LogP) is 2.89. The first-order valence-electron chi connectivity index (χ1n) is 7.21. The zero-order chi connectivity index (χ0) is 14.2. The highest BCUT2D eigenvalue weighted by Crippen LogP contribution is 2.25. The number of aliphatic hydroxyl groups is 1. The van der Waals surface area contributed by atoms with Crippen LogP contribution in [0, 0.1) is 11.8 Å². The average Bonchev–Trinajstić information content (AvgIpc) is 2.99. The molecule has 0 aliphatic heterocycles. The molecule has 2 rings (SSSR count). The maximum Gasteiger partial charge on any atom is 0.124 e. The van der Waals surface area contributed by atoms with Crippen molar-refractivity contribution < 1.29 is 14.6 Å². The van der Waals surface area contributed by atoms with E-state index in [2.05, 4.69) is 11.8 Å². The number of rotatable bonds is 5. The van der Waals surface area contributed by atoms with E-state index in [1.54, 1.807) is 7.11 Å². The lowest BCUT2D eigenvalue weighted by atomic mass is 10.1. The van der Waals surface area contributed by atoms with Gasteiger partial charge >= 0.3 is 0 Å². The molecular formula is C17H22O3. The van der Waals surface area contributed by atoms with Crippen molar-refractivity contribution in [2.24, 2.45) is 0 Å². The molecule has 0 aromatic heterocycles. The molecule has 1 aromatic carbocycles. The zero-order valence-electron chi connectivity index (χ0n) is 12.0. The molecule has 1 N–H and O–H groups in total. The Kier molecular flexibility index (Phi) is 5.91. The predicted molar refractivity (Wildman–Crippen MR) is 78.6 cm³/mol. The Morgan fingerprint density at radius 2 is 2.10 bits per heavy atom. The smallest absolute Gasteiger partial charge is 0.124 e. The fourth-order valence-electron chi connectivity index (χ4n) is 2.45. The Hall–Kier alpha value is -1.50. The van der Waals surface area contributed by atoms with Gasteiger partial charge in [0.25, 0.3) is 0 Å². The Labute approximate surface area is 120 Å². The van der Waals surface area contributed by atoms with Gasteiger partial charge in [-0.2, -0.15) is 0 Å². The van der Waals surface area contributed by atoms with Gasteiger partial charge in [-0.3, -0.25) is 0 Å². The highest BCUT2D eigenvalue weighted by Gasteiger charge is 2.16. The van der Waals surface area contributed by atoms with E-state index in [0.29, 0.717) is 19.1 Å². The normalized spacial score (nSPS) is 14.9. The molecule has 3 nitrogen and oxygen atoms in total. The van der Waals surface area contributed by atoms with Crippen molar-refractivity contribution >= 4 is 0 Å². The Balaban J connectivity index is 2.04. The standard InChI is InChI=1S/C17H22O3/c1-19-17-10-9-14(6-4-5-11-18)12-15(17)13-20-16-7-2-3-8-16/h9-10,12,16,18H,2-3,5,7-8,11,13H2,1H3. The third-order valence-corrected chi connectivity index (χ3v) is 3.53. The van der Waals surface area contributed by atoms with E-state index >= 15 is 0 Å². The van der Waals surface area contributed by atoms with Crippen LogP contribution in [0.5, 0.6) is 5.75 Å². The molecule has 0 heterocycles. The van der Waals surface area contributed by atoms with E-state index in [0.717, 1.165) is 29.7 Å². The lowest BCUT2D eigenvalue weighted by Gasteiger charge is -2.13. The summed E-state index contributed by atoms with van der Waals surface area (Å²) in [6.45, 7) is 0.671. The van der Waals surface area contributed by atoms with Gasteiger partial charge in [-0.05, 0) is 31.0 Å². The fraction of sp³-hybridized carbons (Fsp3) is 0.529. The van der Waals surface area contributed by atoms with Crippen LogP contribution >= 0.6 is 0 Å². The molecule has 3 heteroatoms. The molecule has 1 aliphatic carbocycles. The molecule has 1 aliphatic rings. The number of ether oxygens (including phenoxy) is 2. The van der Waals surface area contributed by atoms with Crippen molar-refractivity contribution in [3.8, 4) is 17.6 Å². The van der Waals surface area contributed by atoms with E-state index in [1.807, 2.05) is 18.2 Å². The molecule has 0 amide bonds. The fourth-order valence-corrected chi connectivity index (χ4v) is 2.45. The van der Waals surface area contributed by atoms with Gasteiger partial charge in [0.1, 0.15) is 5.75 Å². The Bertz CT molecular complexity index is 479. The molecule has 0 bridgehead atoms. The second-order valence-electron chi connectivity index (χ2n) is 5.02. The summed E-state index contributed by atoms with van der Waals surface area (Å²) < 4.78 is 11.3. The van der Waals surface area contributed by atoms with E-state index < -0.39 is 0 Å². The molecule has 0 atom stereocenters. The van der Waals surface area contributed by atoms with Gasteiger partial charge in [-0.1, -0.05) is 24.7 Å². The van der Waals surface area contributed by atoms with Gasteiger partial charge < -0.3 is 14.6 Å².